The molecule has 0 aromatic carbocycles. The van der Waals surface area contributed by atoms with Crippen LogP contribution in [0.1, 0.15) is 44.1 Å². The molecule has 120 valence electrons. The van der Waals surface area contributed by atoms with Gasteiger partial charge in [-0.15, -0.1) is 0 Å². The Kier molecular flexibility index (Phi) is 6.37. The number of nitrogens with zero attached hydrogens (tertiary/aromatic N) is 2. The number of ether oxygens (including phenoxy) is 1. The Labute approximate surface area is 131 Å². The third kappa shape index (κ3) is 4.83. The van der Waals surface area contributed by atoms with Gasteiger partial charge in [-0.3, -0.25) is 14.6 Å². The first-order valence-corrected chi connectivity index (χ1v) is 7.95. The first-order chi connectivity index (χ1) is 10.7. The molecule has 2 rings (SSSR count). The van der Waals surface area contributed by atoms with Gasteiger partial charge in [0.15, 0.2) is 0 Å². The average Bonchev–Trinajstić information content (AvgIpc) is 2.59. The quantitative estimate of drug-likeness (QED) is 0.758. The normalized spacial score (nSPS) is 15.3. The molecule has 1 aromatic heterocycles. The lowest BCUT2D eigenvalue weighted by Gasteiger charge is -2.29. The highest BCUT2D eigenvalue weighted by molar-refractivity contribution is 5.79. The topological polar surface area (TPSA) is 59.5 Å². The van der Waals surface area contributed by atoms with Crippen molar-refractivity contribution in [1.82, 2.24) is 9.88 Å². The molecule has 0 saturated heterocycles. The summed E-state index contributed by atoms with van der Waals surface area (Å²) in [5, 5.41) is 0. The third-order valence-corrected chi connectivity index (χ3v) is 4.20. The van der Waals surface area contributed by atoms with Gasteiger partial charge in [0.25, 0.3) is 0 Å². The maximum atomic E-state index is 12.8. The summed E-state index contributed by atoms with van der Waals surface area (Å²) >= 11 is 0. The van der Waals surface area contributed by atoms with Gasteiger partial charge in [0.1, 0.15) is 0 Å². The van der Waals surface area contributed by atoms with Crippen LogP contribution in [-0.2, 0) is 20.9 Å². The second-order valence-corrected chi connectivity index (χ2v) is 5.78. The number of methoxy groups -OCH3 is 1. The van der Waals surface area contributed by atoms with Crippen LogP contribution in [0.15, 0.2) is 24.5 Å². The minimum absolute atomic E-state index is 0.105. The Morgan fingerprint density at radius 1 is 1.23 bits per heavy atom. The van der Waals surface area contributed by atoms with E-state index in [1.54, 1.807) is 17.3 Å². The zero-order valence-corrected chi connectivity index (χ0v) is 13.2. The van der Waals surface area contributed by atoms with Crippen molar-refractivity contribution in [2.45, 2.75) is 45.1 Å². The molecular formula is C17H24N2O3. The summed E-state index contributed by atoms with van der Waals surface area (Å²) in [7, 11) is 1.37. The van der Waals surface area contributed by atoms with Crippen molar-refractivity contribution in [1.29, 1.82) is 0 Å². The molecule has 1 aliphatic carbocycles. The molecular weight excluding hydrogens is 280 g/mol. The molecule has 0 bridgehead atoms. The number of amides is 1. The molecule has 5 nitrogen and oxygen atoms in total. The predicted octanol–water partition coefficient (Wildman–Crippen LogP) is 2.55. The molecule has 1 saturated carbocycles. The van der Waals surface area contributed by atoms with Crippen molar-refractivity contribution in [3.8, 4) is 0 Å². The van der Waals surface area contributed by atoms with Crippen LogP contribution in [0.5, 0.6) is 0 Å². The van der Waals surface area contributed by atoms with E-state index >= 15 is 0 Å². The van der Waals surface area contributed by atoms with Crippen molar-refractivity contribution in [2.24, 2.45) is 5.92 Å². The lowest BCUT2D eigenvalue weighted by Crippen LogP contribution is -2.38. The fourth-order valence-electron chi connectivity index (χ4n) is 2.91. The molecule has 0 unspecified atom stereocenters. The maximum Gasteiger partial charge on any atom is 0.307 e. The first kappa shape index (κ1) is 16.5. The highest BCUT2D eigenvalue weighted by Crippen LogP contribution is 2.26. The Morgan fingerprint density at radius 3 is 2.55 bits per heavy atom. The number of aromatic nitrogens is 1. The Balaban J connectivity index is 2.02. The molecule has 1 aliphatic rings. The highest BCUT2D eigenvalue weighted by atomic mass is 16.5. The van der Waals surface area contributed by atoms with Gasteiger partial charge in [-0.1, -0.05) is 19.3 Å². The number of rotatable bonds is 6. The average molecular weight is 304 g/mol. The SMILES string of the molecule is COC(=O)CCN(Cc1ccncc1)C(=O)C1CCCCC1. The zero-order valence-electron chi connectivity index (χ0n) is 13.2. The standard InChI is InChI=1S/C17H24N2O3/c1-22-16(20)9-12-19(13-14-7-10-18-11-8-14)17(21)15-5-3-2-4-6-15/h7-8,10-11,15H,2-6,9,12-13H2,1H3. The highest BCUT2D eigenvalue weighted by Gasteiger charge is 2.26. The summed E-state index contributed by atoms with van der Waals surface area (Å²) in [5.41, 5.74) is 1.03. The molecule has 1 amide bonds. The van der Waals surface area contributed by atoms with Crippen LogP contribution in [0.2, 0.25) is 0 Å². The second kappa shape index (κ2) is 8.51. The van der Waals surface area contributed by atoms with Gasteiger partial charge in [-0.2, -0.15) is 0 Å². The third-order valence-electron chi connectivity index (χ3n) is 4.20. The Bertz CT molecular complexity index is 484. The summed E-state index contributed by atoms with van der Waals surface area (Å²) in [6, 6.07) is 3.80. The summed E-state index contributed by atoms with van der Waals surface area (Å²) in [6.45, 7) is 0.930. The molecule has 0 aliphatic heterocycles. The Morgan fingerprint density at radius 2 is 1.91 bits per heavy atom. The largest absolute Gasteiger partial charge is 0.469 e. The van der Waals surface area contributed by atoms with Gasteiger partial charge in [0, 0.05) is 31.4 Å². The zero-order chi connectivity index (χ0) is 15.8. The maximum absolute atomic E-state index is 12.8. The number of carbonyl (C=O) groups is 2. The van der Waals surface area contributed by atoms with Gasteiger partial charge in [0.05, 0.1) is 13.5 Å². The molecule has 22 heavy (non-hydrogen) atoms. The second-order valence-electron chi connectivity index (χ2n) is 5.78. The van der Waals surface area contributed by atoms with Crippen LogP contribution in [0.25, 0.3) is 0 Å². The molecule has 0 N–H and O–H groups in total. The van der Waals surface area contributed by atoms with E-state index in [2.05, 4.69) is 9.72 Å². The van der Waals surface area contributed by atoms with Crippen LogP contribution in [0.3, 0.4) is 0 Å². The number of hydrogen-bond acceptors (Lipinski definition) is 4. The van der Waals surface area contributed by atoms with Crippen LogP contribution in [0.4, 0.5) is 0 Å². The van der Waals surface area contributed by atoms with Gasteiger partial charge in [-0.05, 0) is 30.5 Å². The van der Waals surface area contributed by atoms with Crippen molar-refractivity contribution in [3.63, 3.8) is 0 Å². The monoisotopic (exact) mass is 304 g/mol. The summed E-state index contributed by atoms with van der Waals surface area (Å²) in [6.07, 6.45) is 9.06. The first-order valence-electron chi connectivity index (χ1n) is 7.95. The minimum Gasteiger partial charge on any atom is -0.469 e. The van der Waals surface area contributed by atoms with Crippen LogP contribution < -0.4 is 0 Å². The lowest BCUT2D eigenvalue weighted by molar-refractivity contribution is -0.143. The number of esters is 1. The van der Waals surface area contributed by atoms with Gasteiger partial charge in [-0.25, -0.2) is 0 Å². The molecule has 0 atom stereocenters. The fraction of sp³-hybridized carbons (Fsp3) is 0.588. The number of pyridine rings is 1. The molecule has 1 fully saturated rings. The Hall–Kier alpha value is -1.91. The predicted molar refractivity (Wildman–Crippen MR) is 82.9 cm³/mol. The summed E-state index contributed by atoms with van der Waals surface area (Å²) in [5.74, 6) is -0.00942. The number of hydrogen-bond donors (Lipinski definition) is 0. The van der Waals surface area contributed by atoms with E-state index in [0.29, 0.717) is 13.1 Å². The lowest BCUT2D eigenvalue weighted by atomic mass is 9.88. The van der Waals surface area contributed by atoms with Crippen molar-refractivity contribution < 1.29 is 14.3 Å². The molecule has 0 spiro atoms. The van der Waals surface area contributed by atoms with E-state index in [1.165, 1.54) is 13.5 Å². The summed E-state index contributed by atoms with van der Waals surface area (Å²) in [4.78, 5) is 30.0. The molecule has 5 heteroatoms. The van der Waals surface area contributed by atoms with E-state index in [4.69, 9.17) is 0 Å². The minimum atomic E-state index is -0.281. The smallest absolute Gasteiger partial charge is 0.307 e. The van der Waals surface area contributed by atoms with Crippen molar-refractivity contribution in [2.75, 3.05) is 13.7 Å². The van der Waals surface area contributed by atoms with E-state index in [-0.39, 0.29) is 24.2 Å². The van der Waals surface area contributed by atoms with Gasteiger partial charge >= 0.3 is 5.97 Å². The van der Waals surface area contributed by atoms with Crippen molar-refractivity contribution >= 4 is 11.9 Å². The number of carbonyl (C=O) groups excluding carboxylic acids is 2. The van der Waals surface area contributed by atoms with E-state index in [9.17, 15) is 9.59 Å². The van der Waals surface area contributed by atoms with Crippen LogP contribution >= 0.6 is 0 Å². The molecule has 0 radical (unpaired) electrons. The van der Waals surface area contributed by atoms with E-state index < -0.39 is 0 Å². The molecule has 1 heterocycles. The fourth-order valence-corrected chi connectivity index (χ4v) is 2.91. The van der Waals surface area contributed by atoms with E-state index in [0.717, 1.165) is 31.2 Å². The van der Waals surface area contributed by atoms with Crippen LogP contribution in [0, 0.1) is 5.92 Å². The van der Waals surface area contributed by atoms with Crippen molar-refractivity contribution in [3.05, 3.63) is 30.1 Å². The van der Waals surface area contributed by atoms with E-state index in [1.807, 2.05) is 12.1 Å². The van der Waals surface area contributed by atoms with Crippen LogP contribution in [-0.4, -0.2) is 35.4 Å². The molecule has 1 aromatic rings. The van der Waals surface area contributed by atoms with Gasteiger partial charge < -0.3 is 9.64 Å². The van der Waals surface area contributed by atoms with Gasteiger partial charge in [0.2, 0.25) is 5.91 Å². The summed E-state index contributed by atoms with van der Waals surface area (Å²) < 4.78 is 4.69.